The van der Waals surface area contributed by atoms with Crippen LogP contribution in [-0.4, -0.2) is 41.7 Å². The van der Waals surface area contributed by atoms with Crippen molar-refractivity contribution in [3.8, 4) is 0 Å². The number of carbonyl (C=O) groups excluding carboxylic acids is 1. The van der Waals surface area contributed by atoms with Crippen molar-refractivity contribution >= 4 is 5.91 Å². The number of rotatable bonds is 11. The van der Waals surface area contributed by atoms with Gasteiger partial charge in [0.05, 0.1) is 6.04 Å². The molecule has 0 aromatic rings. The molecule has 0 radical (unpaired) electrons. The van der Waals surface area contributed by atoms with E-state index < -0.39 is 0 Å². The Morgan fingerprint density at radius 2 is 1.72 bits per heavy atom. The largest absolute Gasteiger partial charge is 0.396 e. The van der Waals surface area contributed by atoms with E-state index in [0.717, 1.165) is 19.4 Å². The van der Waals surface area contributed by atoms with Gasteiger partial charge in [0.1, 0.15) is 0 Å². The summed E-state index contributed by atoms with van der Waals surface area (Å²) in [6.07, 6.45) is 7.23. The molecule has 0 rings (SSSR count). The molecule has 1 atom stereocenters. The van der Waals surface area contributed by atoms with Crippen LogP contribution in [0.15, 0.2) is 0 Å². The summed E-state index contributed by atoms with van der Waals surface area (Å²) in [5.74, 6) is 0.0291. The van der Waals surface area contributed by atoms with Crippen LogP contribution < -0.4 is 5.73 Å². The smallest absolute Gasteiger partial charge is 0.239 e. The van der Waals surface area contributed by atoms with Gasteiger partial charge in [-0.3, -0.25) is 4.79 Å². The first-order valence-electron chi connectivity index (χ1n) is 7.32. The van der Waals surface area contributed by atoms with Gasteiger partial charge in [0, 0.05) is 19.7 Å². The van der Waals surface area contributed by atoms with Gasteiger partial charge in [-0.05, 0) is 19.3 Å². The molecule has 3 N–H and O–H groups in total. The molecule has 4 heteroatoms. The van der Waals surface area contributed by atoms with Gasteiger partial charge in [0.2, 0.25) is 5.91 Å². The summed E-state index contributed by atoms with van der Waals surface area (Å²) in [4.78, 5) is 13.8. The van der Waals surface area contributed by atoms with E-state index in [1.807, 2.05) is 11.8 Å². The van der Waals surface area contributed by atoms with Crippen molar-refractivity contribution in [1.29, 1.82) is 0 Å². The molecule has 0 spiro atoms. The Bertz CT molecular complexity index is 210. The average Bonchev–Trinajstić information content (AvgIpc) is 2.40. The number of aliphatic hydroxyl groups excluding tert-OH is 1. The van der Waals surface area contributed by atoms with Crippen LogP contribution in [0.5, 0.6) is 0 Å². The van der Waals surface area contributed by atoms with Crippen LogP contribution in [0, 0.1) is 0 Å². The van der Waals surface area contributed by atoms with Crippen LogP contribution in [0.2, 0.25) is 0 Å². The summed E-state index contributed by atoms with van der Waals surface area (Å²) < 4.78 is 0. The summed E-state index contributed by atoms with van der Waals surface area (Å²) in [6.45, 7) is 5.64. The van der Waals surface area contributed by atoms with Gasteiger partial charge >= 0.3 is 0 Å². The van der Waals surface area contributed by atoms with Crippen LogP contribution >= 0.6 is 0 Å². The monoisotopic (exact) mass is 258 g/mol. The first-order valence-corrected chi connectivity index (χ1v) is 7.32. The van der Waals surface area contributed by atoms with Crippen molar-refractivity contribution in [3.05, 3.63) is 0 Å². The van der Waals surface area contributed by atoms with E-state index in [4.69, 9.17) is 10.8 Å². The van der Waals surface area contributed by atoms with Crippen molar-refractivity contribution in [1.82, 2.24) is 4.90 Å². The number of hydrogen-bond donors (Lipinski definition) is 2. The third kappa shape index (κ3) is 7.67. The Morgan fingerprint density at radius 1 is 1.11 bits per heavy atom. The minimum atomic E-state index is -0.390. The number of aliphatic hydroxyl groups is 1. The van der Waals surface area contributed by atoms with Gasteiger partial charge < -0.3 is 15.7 Å². The maximum atomic E-state index is 12.0. The lowest BCUT2D eigenvalue weighted by atomic mass is 10.1. The molecule has 18 heavy (non-hydrogen) atoms. The molecule has 0 aliphatic rings. The molecule has 0 aliphatic carbocycles. The van der Waals surface area contributed by atoms with E-state index in [-0.39, 0.29) is 18.6 Å². The molecule has 0 heterocycles. The minimum Gasteiger partial charge on any atom is -0.396 e. The second-order valence-electron chi connectivity index (χ2n) is 4.83. The lowest BCUT2D eigenvalue weighted by Gasteiger charge is -2.25. The minimum absolute atomic E-state index is 0.0291. The zero-order valence-corrected chi connectivity index (χ0v) is 12.0. The van der Waals surface area contributed by atoms with Gasteiger partial charge in [-0.2, -0.15) is 0 Å². The second kappa shape index (κ2) is 11.5. The molecular weight excluding hydrogens is 228 g/mol. The highest BCUT2D eigenvalue weighted by molar-refractivity contribution is 5.81. The predicted octanol–water partition coefficient (Wildman–Crippen LogP) is 1.91. The fourth-order valence-corrected chi connectivity index (χ4v) is 1.91. The Labute approximate surface area is 112 Å². The maximum absolute atomic E-state index is 12.0. The normalized spacial score (nSPS) is 12.4. The van der Waals surface area contributed by atoms with E-state index in [9.17, 15) is 4.79 Å². The van der Waals surface area contributed by atoms with E-state index in [2.05, 4.69) is 6.92 Å². The zero-order chi connectivity index (χ0) is 13.8. The summed E-state index contributed by atoms with van der Waals surface area (Å²) in [7, 11) is 0. The fourth-order valence-electron chi connectivity index (χ4n) is 1.91. The summed E-state index contributed by atoms with van der Waals surface area (Å²) in [6, 6.07) is -0.390. The number of nitrogens with zero attached hydrogens (tertiary/aromatic N) is 1. The average molecular weight is 258 g/mol. The van der Waals surface area contributed by atoms with Crippen LogP contribution in [0.3, 0.4) is 0 Å². The van der Waals surface area contributed by atoms with Crippen LogP contribution in [0.1, 0.15) is 58.8 Å². The first kappa shape index (κ1) is 17.4. The number of unbranched alkanes of at least 4 members (excludes halogenated alkanes) is 4. The topological polar surface area (TPSA) is 66.6 Å². The third-order valence-corrected chi connectivity index (χ3v) is 3.19. The van der Waals surface area contributed by atoms with E-state index >= 15 is 0 Å². The lowest BCUT2D eigenvalue weighted by molar-refractivity contribution is -0.132. The molecule has 108 valence electrons. The van der Waals surface area contributed by atoms with Crippen LogP contribution in [-0.2, 0) is 4.79 Å². The highest BCUT2D eigenvalue weighted by Crippen LogP contribution is 2.06. The van der Waals surface area contributed by atoms with Crippen molar-refractivity contribution in [2.75, 3.05) is 19.7 Å². The van der Waals surface area contributed by atoms with E-state index in [1.165, 1.54) is 19.3 Å². The van der Waals surface area contributed by atoms with Gasteiger partial charge in [-0.15, -0.1) is 0 Å². The molecule has 0 saturated heterocycles. The SMILES string of the molecule is CCCCCCCN(CCCO)C(=O)[C@H](N)CC. The molecule has 4 nitrogen and oxygen atoms in total. The Morgan fingerprint density at radius 3 is 2.28 bits per heavy atom. The van der Waals surface area contributed by atoms with Crippen LogP contribution in [0.4, 0.5) is 0 Å². The van der Waals surface area contributed by atoms with Crippen molar-refractivity contribution in [2.24, 2.45) is 5.73 Å². The second-order valence-corrected chi connectivity index (χ2v) is 4.83. The fraction of sp³-hybridized carbons (Fsp3) is 0.929. The third-order valence-electron chi connectivity index (χ3n) is 3.19. The highest BCUT2D eigenvalue weighted by Gasteiger charge is 2.18. The van der Waals surface area contributed by atoms with Gasteiger partial charge in [-0.1, -0.05) is 39.5 Å². The van der Waals surface area contributed by atoms with Crippen molar-refractivity contribution in [2.45, 2.75) is 64.8 Å². The maximum Gasteiger partial charge on any atom is 0.239 e. The van der Waals surface area contributed by atoms with E-state index in [1.54, 1.807) is 0 Å². The Kier molecular flexibility index (Phi) is 11.1. The Balaban J connectivity index is 4.02. The highest BCUT2D eigenvalue weighted by atomic mass is 16.3. The Hall–Kier alpha value is -0.610. The molecule has 0 unspecified atom stereocenters. The number of amides is 1. The molecule has 0 fully saturated rings. The van der Waals surface area contributed by atoms with Crippen molar-refractivity contribution < 1.29 is 9.90 Å². The number of hydrogen-bond acceptors (Lipinski definition) is 3. The lowest BCUT2D eigenvalue weighted by Crippen LogP contribution is -2.44. The summed E-state index contributed by atoms with van der Waals surface area (Å²) in [5, 5.41) is 8.87. The van der Waals surface area contributed by atoms with Crippen molar-refractivity contribution in [3.63, 3.8) is 0 Å². The molecule has 1 amide bonds. The molecule has 0 saturated carbocycles. The quantitative estimate of drug-likeness (QED) is 0.556. The molecular formula is C14H30N2O2. The van der Waals surface area contributed by atoms with Gasteiger partial charge in [-0.25, -0.2) is 0 Å². The zero-order valence-electron chi connectivity index (χ0n) is 12.0. The molecule has 0 aromatic carbocycles. The molecule has 0 aliphatic heterocycles. The van der Waals surface area contributed by atoms with Crippen LogP contribution in [0.25, 0.3) is 0 Å². The van der Waals surface area contributed by atoms with E-state index in [0.29, 0.717) is 19.4 Å². The number of nitrogens with two attached hydrogens (primary N) is 1. The molecule has 0 bridgehead atoms. The molecule has 0 aromatic heterocycles. The standard InChI is InChI=1S/C14H30N2O2/c1-3-5-6-7-8-10-16(11-9-12-17)14(18)13(15)4-2/h13,17H,3-12,15H2,1-2H3/t13-/m1/s1. The summed E-state index contributed by atoms with van der Waals surface area (Å²) >= 11 is 0. The predicted molar refractivity (Wildman–Crippen MR) is 75.3 cm³/mol. The summed E-state index contributed by atoms with van der Waals surface area (Å²) in [5.41, 5.74) is 5.79. The van der Waals surface area contributed by atoms with Gasteiger partial charge in [0.15, 0.2) is 0 Å². The first-order chi connectivity index (χ1) is 8.67. The number of carbonyl (C=O) groups is 1. The van der Waals surface area contributed by atoms with Gasteiger partial charge in [0.25, 0.3) is 0 Å².